The van der Waals surface area contributed by atoms with Gasteiger partial charge in [-0.1, -0.05) is 23.2 Å². The summed E-state index contributed by atoms with van der Waals surface area (Å²) in [5.41, 5.74) is -0.266. The molecule has 1 amide bonds. The van der Waals surface area contributed by atoms with Gasteiger partial charge in [-0.05, 0) is 25.3 Å². The zero-order valence-corrected chi connectivity index (χ0v) is 12.7. The largest absolute Gasteiger partial charge is 0.478 e. The summed E-state index contributed by atoms with van der Waals surface area (Å²) in [6, 6.07) is 2.53. The van der Waals surface area contributed by atoms with Crippen LogP contribution < -0.4 is 5.32 Å². The minimum atomic E-state index is -1.22. The fourth-order valence-corrected chi connectivity index (χ4v) is 2.53. The van der Waals surface area contributed by atoms with Gasteiger partial charge in [-0.15, -0.1) is 0 Å². The van der Waals surface area contributed by atoms with E-state index >= 15 is 0 Å². The number of halogens is 2. The summed E-state index contributed by atoms with van der Waals surface area (Å²) in [5, 5.41) is 11.9. The van der Waals surface area contributed by atoms with Gasteiger partial charge in [-0.25, -0.2) is 4.79 Å². The monoisotopic (exact) mass is 321 g/mol. The lowest BCUT2D eigenvalue weighted by Gasteiger charge is -2.15. The second kappa shape index (κ2) is 7.03. The zero-order chi connectivity index (χ0) is 14.6. The normalized spacial score (nSPS) is 12.0. The van der Waals surface area contributed by atoms with E-state index in [1.807, 2.05) is 13.2 Å². The van der Waals surface area contributed by atoms with Crippen LogP contribution in [0, 0.1) is 0 Å². The quantitative estimate of drug-likeness (QED) is 0.874. The van der Waals surface area contributed by atoms with Gasteiger partial charge in [0.2, 0.25) is 0 Å². The number of amides is 1. The first-order valence-corrected chi connectivity index (χ1v) is 7.54. The molecule has 0 saturated heterocycles. The number of benzene rings is 1. The second-order valence-corrected chi connectivity index (χ2v) is 5.61. The molecule has 2 N–H and O–H groups in total. The summed E-state index contributed by atoms with van der Waals surface area (Å²) < 4.78 is 0. The Hall–Kier alpha value is -0.910. The highest BCUT2D eigenvalue weighted by molar-refractivity contribution is 7.98. The summed E-state index contributed by atoms with van der Waals surface area (Å²) in [6.45, 7) is 1.83. The molecule has 0 aromatic heterocycles. The van der Waals surface area contributed by atoms with Crippen molar-refractivity contribution in [1.82, 2.24) is 5.32 Å². The maximum atomic E-state index is 12.1. The molecule has 0 spiro atoms. The van der Waals surface area contributed by atoms with Gasteiger partial charge in [-0.3, -0.25) is 4.79 Å². The fraction of sp³-hybridized carbons (Fsp3) is 0.333. The third kappa shape index (κ3) is 4.03. The molecule has 1 aromatic rings. The molecule has 1 rings (SSSR count). The van der Waals surface area contributed by atoms with Crippen LogP contribution in [0.2, 0.25) is 10.0 Å². The molecule has 0 fully saturated rings. The first kappa shape index (κ1) is 16.1. The van der Waals surface area contributed by atoms with Gasteiger partial charge >= 0.3 is 5.97 Å². The van der Waals surface area contributed by atoms with Crippen LogP contribution >= 0.6 is 35.0 Å². The molecule has 0 unspecified atom stereocenters. The van der Waals surface area contributed by atoms with Gasteiger partial charge in [0.05, 0.1) is 21.2 Å². The Morgan fingerprint density at radius 3 is 2.58 bits per heavy atom. The minimum absolute atomic E-state index is 0.0459. The van der Waals surface area contributed by atoms with Crippen LogP contribution in [0.3, 0.4) is 0 Å². The van der Waals surface area contributed by atoms with Crippen LogP contribution in [0.15, 0.2) is 12.1 Å². The van der Waals surface area contributed by atoms with E-state index in [1.165, 1.54) is 12.1 Å². The molecule has 19 heavy (non-hydrogen) atoms. The van der Waals surface area contributed by atoms with Crippen molar-refractivity contribution in [1.29, 1.82) is 0 Å². The van der Waals surface area contributed by atoms with Crippen molar-refractivity contribution >= 4 is 46.8 Å². The van der Waals surface area contributed by atoms with Gasteiger partial charge in [0.15, 0.2) is 0 Å². The van der Waals surface area contributed by atoms with Crippen LogP contribution in [0.4, 0.5) is 0 Å². The molecule has 104 valence electrons. The number of aromatic carboxylic acids is 1. The predicted octanol–water partition coefficient (Wildman–Crippen LogP) is 3.17. The number of thioether (sulfide) groups is 1. The molecule has 0 aliphatic rings. The number of hydrogen-bond donors (Lipinski definition) is 2. The molecule has 7 heteroatoms. The first-order chi connectivity index (χ1) is 8.88. The van der Waals surface area contributed by atoms with Crippen LogP contribution in [0.25, 0.3) is 0 Å². The Morgan fingerprint density at radius 1 is 1.42 bits per heavy atom. The number of nitrogens with one attached hydrogen (secondary N) is 1. The minimum Gasteiger partial charge on any atom is -0.478 e. The average Bonchev–Trinajstić information content (AvgIpc) is 2.31. The average molecular weight is 322 g/mol. The molecule has 0 saturated carbocycles. The highest BCUT2D eigenvalue weighted by Gasteiger charge is 2.22. The van der Waals surface area contributed by atoms with Crippen molar-refractivity contribution in [3.05, 3.63) is 33.3 Å². The number of hydrogen-bond acceptors (Lipinski definition) is 3. The van der Waals surface area contributed by atoms with Crippen molar-refractivity contribution in [3.63, 3.8) is 0 Å². The Bertz CT molecular complexity index is 508. The van der Waals surface area contributed by atoms with Crippen molar-refractivity contribution in [2.24, 2.45) is 0 Å². The standard InChI is InChI=1S/C12H13Cl2NO3S/c1-6(5-19-2)15-11(16)9-7(12(17)18)3-4-8(13)10(9)14/h3-4,6H,5H2,1-2H3,(H,15,16)(H,17,18)/t6-/m0/s1. The SMILES string of the molecule is CSC[C@H](C)NC(=O)c1c(C(=O)O)ccc(Cl)c1Cl. The molecular weight excluding hydrogens is 309 g/mol. The van der Waals surface area contributed by atoms with Crippen LogP contribution in [-0.2, 0) is 0 Å². The lowest BCUT2D eigenvalue weighted by Crippen LogP contribution is -2.35. The lowest BCUT2D eigenvalue weighted by molar-refractivity contribution is 0.0690. The molecule has 0 radical (unpaired) electrons. The summed E-state index contributed by atoms with van der Waals surface area (Å²) >= 11 is 13.3. The topological polar surface area (TPSA) is 66.4 Å². The summed E-state index contributed by atoms with van der Waals surface area (Å²) in [5.74, 6) is -1.04. The molecule has 0 heterocycles. The molecule has 1 atom stereocenters. The Balaban J connectivity index is 3.13. The zero-order valence-electron chi connectivity index (χ0n) is 10.4. The van der Waals surface area contributed by atoms with Crippen LogP contribution in [0.5, 0.6) is 0 Å². The van der Waals surface area contributed by atoms with E-state index in [0.29, 0.717) is 5.75 Å². The summed E-state index contributed by atoms with van der Waals surface area (Å²) in [6.07, 6.45) is 1.91. The molecule has 1 aromatic carbocycles. The van der Waals surface area contributed by atoms with E-state index in [9.17, 15) is 9.59 Å². The summed E-state index contributed by atoms with van der Waals surface area (Å²) in [4.78, 5) is 23.2. The first-order valence-electron chi connectivity index (χ1n) is 5.39. The third-order valence-electron chi connectivity index (χ3n) is 2.35. The van der Waals surface area contributed by atoms with Crippen LogP contribution in [0.1, 0.15) is 27.6 Å². The van der Waals surface area contributed by atoms with Gasteiger partial charge in [0.25, 0.3) is 5.91 Å². The third-order valence-corrected chi connectivity index (χ3v) is 3.98. The highest BCUT2D eigenvalue weighted by atomic mass is 35.5. The molecule has 4 nitrogen and oxygen atoms in total. The Morgan fingerprint density at radius 2 is 2.05 bits per heavy atom. The maximum Gasteiger partial charge on any atom is 0.336 e. The van der Waals surface area contributed by atoms with E-state index in [1.54, 1.807) is 11.8 Å². The number of rotatable bonds is 5. The second-order valence-electron chi connectivity index (χ2n) is 3.92. The van der Waals surface area contributed by atoms with E-state index in [4.69, 9.17) is 28.3 Å². The number of carboxylic acids is 1. The van der Waals surface area contributed by atoms with Crippen molar-refractivity contribution in [2.45, 2.75) is 13.0 Å². The lowest BCUT2D eigenvalue weighted by atomic mass is 10.1. The number of carbonyl (C=O) groups excluding carboxylic acids is 1. The predicted molar refractivity (Wildman–Crippen MR) is 78.7 cm³/mol. The molecular formula is C12H13Cl2NO3S. The van der Waals surface area contributed by atoms with Crippen LogP contribution in [-0.4, -0.2) is 35.0 Å². The van der Waals surface area contributed by atoms with Crippen molar-refractivity contribution < 1.29 is 14.7 Å². The van der Waals surface area contributed by atoms with E-state index in [0.717, 1.165) is 0 Å². The summed E-state index contributed by atoms with van der Waals surface area (Å²) in [7, 11) is 0. The molecule has 0 aliphatic heterocycles. The molecule has 0 aliphatic carbocycles. The fourth-order valence-electron chi connectivity index (χ4n) is 1.54. The van der Waals surface area contributed by atoms with Gasteiger partial charge in [-0.2, -0.15) is 11.8 Å². The van der Waals surface area contributed by atoms with Gasteiger partial charge < -0.3 is 10.4 Å². The molecule has 0 bridgehead atoms. The number of carboxylic acid groups (broad SMARTS) is 1. The van der Waals surface area contributed by atoms with E-state index in [2.05, 4.69) is 5.32 Å². The Kier molecular flexibility index (Phi) is 5.97. The van der Waals surface area contributed by atoms with Gasteiger partial charge in [0.1, 0.15) is 0 Å². The smallest absolute Gasteiger partial charge is 0.336 e. The Labute approximate surface area is 125 Å². The maximum absolute atomic E-state index is 12.1. The number of carbonyl (C=O) groups is 2. The van der Waals surface area contributed by atoms with E-state index in [-0.39, 0.29) is 27.2 Å². The van der Waals surface area contributed by atoms with Crippen molar-refractivity contribution in [2.75, 3.05) is 12.0 Å². The van der Waals surface area contributed by atoms with Gasteiger partial charge in [0, 0.05) is 11.8 Å². The van der Waals surface area contributed by atoms with Crippen molar-refractivity contribution in [3.8, 4) is 0 Å². The van der Waals surface area contributed by atoms with E-state index < -0.39 is 11.9 Å². The highest BCUT2D eigenvalue weighted by Crippen LogP contribution is 2.28.